The average Bonchev–Trinajstić information content (AvgIpc) is 2.30. The van der Waals surface area contributed by atoms with Crippen molar-refractivity contribution in [3.63, 3.8) is 0 Å². The van der Waals surface area contributed by atoms with E-state index >= 15 is 0 Å². The molecule has 0 saturated heterocycles. The zero-order chi connectivity index (χ0) is 11.4. The first-order valence-electron chi connectivity index (χ1n) is 4.85. The maximum absolute atomic E-state index is 5.14. The van der Waals surface area contributed by atoms with Gasteiger partial charge in [-0.3, -0.25) is 0 Å². The predicted molar refractivity (Wildman–Crippen MR) is 72.2 cm³/mol. The van der Waals surface area contributed by atoms with Crippen molar-refractivity contribution >= 4 is 39.8 Å². The summed E-state index contributed by atoms with van der Waals surface area (Å²) in [6, 6.07) is 16.7. The predicted octanol–water partition coefficient (Wildman–Crippen LogP) is 2.11. The molecule has 0 amide bonds. The van der Waals surface area contributed by atoms with Crippen LogP contribution in [0.3, 0.4) is 0 Å². The summed E-state index contributed by atoms with van der Waals surface area (Å²) in [6.07, 6.45) is 0. The van der Waals surface area contributed by atoms with Gasteiger partial charge in [0.25, 0.3) is 0 Å². The number of ether oxygens (including phenoxy) is 1. The van der Waals surface area contributed by atoms with E-state index in [0.29, 0.717) is 15.0 Å². The molecule has 0 N–H and O–H groups in total. The molecule has 0 bridgehead atoms. The molecule has 0 radical (unpaired) electrons. The van der Waals surface area contributed by atoms with Gasteiger partial charge in [0.15, 0.2) is 0 Å². The summed E-state index contributed by atoms with van der Waals surface area (Å²) in [5, 5.41) is 0. The fourth-order valence-corrected chi connectivity index (χ4v) is 3.89. The molecule has 2 aromatic rings. The summed E-state index contributed by atoms with van der Waals surface area (Å²) in [4.78, 5) is 0. The molecule has 0 heterocycles. The number of hydrogen-bond acceptors (Lipinski definition) is 1. The van der Waals surface area contributed by atoms with E-state index in [-0.39, 0.29) is 0 Å². The Balaban J connectivity index is 2.14. The van der Waals surface area contributed by atoms with Crippen molar-refractivity contribution in [3.8, 4) is 5.75 Å². The van der Waals surface area contributed by atoms with Crippen molar-refractivity contribution in [2.75, 3.05) is 7.11 Å². The Hall–Kier alpha value is -0.761. The average molecular weight is 342 g/mol. The van der Waals surface area contributed by atoms with E-state index < -0.39 is 0 Å². The minimum absolute atomic E-state index is 0.357. The Morgan fingerprint density at radius 1 is 1.00 bits per heavy atom. The van der Waals surface area contributed by atoms with Crippen LogP contribution in [0.5, 0.6) is 5.75 Å². The maximum atomic E-state index is 5.14. The molecule has 16 heavy (non-hydrogen) atoms. The van der Waals surface area contributed by atoms with Crippen molar-refractivity contribution in [1.29, 1.82) is 0 Å². The molecular formula is C13H11BrOSe. The van der Waals surface area contributed by atoms with Crippen molar-refractivity contribution in [3.05, 3.63) is 53.0 Å². The minimum atomic E-state index is 0.357. The molecular weight excluding hydrogens is 331 g/mol. The Kier molecular flexibility index (Phi) is 4.05. The van der Waals surface area contributed by atoms with Gasteiger partial charge in [0.2, 0.25) is 0 Å². The van der Waals surface area contributed by atoms with Crippen LogP contribution in [-0.4, -0.2) is 22.1 Å². The molecule has 0 spiro atoms. The van der Waals surface area contributed by atoms with Gasteiger partial charge < -0.3 is 0 Å². The number of hydrogen-bond donors (Lipinski definition) is 0. The Labute approximate surface area is 110 Å². The topological polar surface area (TPSA) is 9.23 Å². The second-order valence-electron chi connectivity index (χ2n) is 3.23. The molecule has 0 aliphatic carbocycles. The van der Waals surface area contributed by atoms with Crippen LogP contribution in [0.4, 0.5) is 0 Å². The second-order valence-corrected chi connectivity index (χ2v) is 6.56. The second kappa shape index (κ2) is 5.53. The molecule has 0 saturated carbocycles. The normalized spacial score (nSPS) is 10.1. The molecule has 0 aliphatic heterocycles. The molecule has 2 aromatic carbocycles. The Morgan fingerprint density at radius 2 is 1.75 bits per heavy atom. The summed E-state index contributed by atoms with van der Waals surface area (Å²) in [6.45, 7) is 0. The van der Waals surface area contributed by atoms with Crippen LogP contribution in [0.15, 0.2) is 53.0 Å². The Morgan fingerprint density at radius 3 is 2.38 bits per heavy atom. The third-order valence-electron chi connectivity index (χ3n) is 2.09. The molecule has 1 nitrogen and oxygen atoms in total. The quantitative estimate of drug-likeness (QED) is 0.777. The van der Waals surface area contributed by atoms with Gasteiger partial charge in [-0.2, -0.15) is 0 Å². The third kappa shape index (κ3) is 3.11. The molecule has 0 atom stereocenters. The van der Waals surface area contributed by atoms with E-state index in [2.05, 4.69) is 46.3 Å². The van der Waals surface area contributed by atoms with E-state index in [1.54, 1.807) is 7.11 Å². The zero-order valence-corrected chi connectivity index (χ0v) is 12.1. The number of rotatable bonds is 3. The van der Waals surface area contributed by atoms with E-state index in [4.69, 9.17) is 4.74 Å². The van der Waals surface area contributed by atoms with Gasteiger partial charge >= 0.3 is 110 Å². The van der Waals surface area contributed by atoms with Crippen LogP contribution in [0.2, 0.25) is 0 Å². The molecule has 82 valence electrons. The first kappa shape index (κ1) is 11.7. The van der Waals surface area contributed by atoms with Crippen molar-refractivity contribution < 1.29 is 4.74 Å². The van der Waals surface area contributed by atoms with Crippen molar-refractivity contribution in [2.45, 2.75) is 0 Å². The summed E-state index contributed by atoms with van der Waals surface area (Å²) < 4.78 is 9.00. The first-order valence-corrected chi connectivity index (χ1v) is 7.36. The van der Waals surface area contributed by atoms with Gasteiger partial charge in [0.05, 0.1) is 0 Å². The molecule has 2 rings (SSSR count). The Bertz CT molecular complexity index is 468. The number of methoxy groups -OCH3 is 1. The standard InChI is InChI=1S/C13H11BrOSe/c1-15-11-5-7-12(8-6-11)16-13-4-2-3-10(14)9-13/h2-9H,1H3. The van der Waals surface area contributed by atoms with E-state index in [9.17, 15) is 0 Å². The first-order chi connectivity index (χ1) is 7.78. The van der Waals surface area contributed by atoms with Gasteiger partial charge in [-0.15, -0.1) is 0 Å². The fourth-order valence-electron chi connectivity index (χ4n) is 1.31. The van der Waals surface area contributed by atoms with E-state index in [0.717, 1.165) is 10.2 Å². The summed E-state index contributed by atoms with van der Waals surface area (Å²) in [5.74, 6) is 0.911. The van der Waals surface area contributed by atoms with Crippen LogP contribution < -0.4 is 13.7 Å². The fraction of sp³-hybridized carbons (Fsp3) is 0.0769. The van der Waals surface area contributed by atoms with Gasteiger partial charge in [-0.05, 0) is 0 Å². The monoisotopic (exact) mass is 342 g/mol. The summed E-state index contributed by atoms with van der Waals surface area (Å²) >= 11 is 3.85. The summed E-state index contributed by atoms with van der Waals surface area (Å²) in [7, 11) is 1.69. The third-order valence-corrected chi connectivity index (χ3v) is 4.68. The van der Waals surface area contributed by atoms with Crippen LogP contribution in [-0.2, 0) is 0 Å². The van der Waals surface area contributed by atoms with Crippen molar-refractivity contribution in [1.82, 2.24) is 0 Å². The molecule has 0 unspecified atom stereocenters. The van der Waals surface area contributed by atoms with Gasteiger partial charge in [0.1, 0.15) is 0 Å². The molecule has 0 aromatic heterocycles. The zero-order valence-electron chi connectivity index (χ0n) is 8.81. The van der Waals surface area contributed by atoms with E-state index in [1.807, 2.05) is 18.2 Å². The molecule has 0 aliphatic rings. The van der Waals surface area contributed by atoms with Gasteiger partial charge in [-0.25, -0.2) is 0 Å². The number of halogens is 1. The SMILES string of the molecule is COc1ccc([Se]c2cccc(Br)c2)cc1. The molecule has 3 heteroatoms. The van der Waals surface area contributed by atoms with E-state index in [1.165, 1.54) is 8.92 Å². The van der Waals surface area contributed by atoms with Gasteiger partial charge in [-0.1, -0.05) is 0 Å². The molecule has 0 fully saturated rings. The van der Waals surface area contributed by atoms with Crippen LogP contribution >= 0.6 is 15.9 Å². The van der Waals surface area contributed by atoms with Gasteiger partial charge in [0, 0.05) is 0 Å². The summed E-state index contributed by atoms with van der Waals surface area (Å²) in [5.41, 5.74) is 0. The van der Waals surface area contributed by atoms with Crippen molar-refractivity contribution in [2.24, 2.45) is 0 Å². The number of benzene rings is 2. The van der Waals surface area contributed by atoms with Crippen LogP contribution in [0, 0.1) is 0 Å². The van der Waals surface area contributed by atoms with Crippen LogP contribution in [0.25, 0.3) is 0 Å². The van der Waals surface area contributed by atoms with Crippen LogP contribution in [0.1, 0.15) is 0 Å².